The van der Waals surface area contributed by atoms with Crippen LogP contribution in [0, 0.1) is 13.8 Å². The summed E-state index contributed by atoms with van der Waals surface area (Å²) in [5.41, 5.74) is 3.04. The third-order valence-corrected chi connectivity index (χ3v) is 2.61. The number of aldehydes is 1. The molecule has 0 aliphatic heterocycles. The first-order valence-electron chi connectivity index (χ1n) is 4.67. The zero-order chi connectivity index (χ0) is 10.1. The lowest BCUT2D eigenvalue weighted by Crippen LogP contribution is -1.88. The van der Waals surface area contributed by atoms with Crippen molar-refractivity contribution in [2.24, 2.45) is 0 Å². The Hall–Kier alpha value is -1.63. The Morgan fingerprint density at radius 2 is 1.86 bits per heavy atom. The average Bonchev–Trinajstić information content (AvgIpc) is 2.17. The first-order valence-corrected chi connectivity index (χ1v) is 4.67. The molecule has 0 saturated carbocycles. The van der Waals surface area contributed by atoms with Crippen molar-refractivity contribution in [2.45, 2.75) is 13.8 Å². The Labute approximate surface area is 83.4 Å². The standard InChI is InChI=1S/C13H12O/c1-9-4-3-5-11-6-10(2)12(8-14)7-13(9)11/h3-8H,1-2H3. The van der Waals surface area contributed by atoms with Gasteiger partial charge in [0.25, 0.3) is 0 Å². The van der Waals surface area contributed by atoms with Crippen LogP contribution in [0.25, 0.3) is 10.8 Å². The Balaban J connectivity index is 2.86. The van der Waals surface area contributed by atoms with Gasteiger partial charge in [-0.1, -0.05) is 24.3 Å². The van der Waals surface area contributed by atoms with Crippen LogP contribution in [0.3, 0.4) is 0 Å². The molecule has 70 valence electrons. The van der Waals surface area contributed by atoms with E-state index in [2.05, 4.69) is 25.1 Å². The van der Waals surface area contributed by atoms with E-state index in [-0.39, 0.29) is 0 Å². The number of hydrogen-bond donors (Lipinski definition) is 0. The molecule has 14 heavy (non-hydrogen) atoms. The van der Waals surface area contributed by atoms with Crippen LogP contribution in [0.5, 0.6) is 0 Å². The van der Waals surface area contributed by atoms with Crippen LogP contribution in [0.15, 0.2) is 30.3 Å². The highest BCUT2D eigenvalue weighted by Crippen LogP contribution is 2.21. The molecule has 0 aliphatic carbocycles. The summed E-state index contributed by atoms with van der Waals surface area (Å²) < 4.78 is 0. The number of fused-ring (bicyclic) bond motifs is 1. The second-order valence-electron chi connectivity index (χ2n) is 3.62. The van der Waals surface area contributed by atoms with Gasteiger partial charge in [-0.25, -0.2) is 0 Å². The fourth-order valence-electron chi connectivity index (χ4n) is 1.74. The van der Waals surface area contributed by atoms with Gasteiger partial charge >= 0.3 is 0 Å². The first kappa shape index (κ1) is 8.95. The van der Waals surface area contributed by atoms with E-state index in [1.54, 1.807) is 0 Å². The lowest BCUT2D eigenvalue weighted by atomic mass is 9.99. The van der Waals surface area contributed by atoms with E-state index in [0.29, 0.717) is 0 Å². The highest BCUT2D eigenvalue weighted by Gasteiger charge is 2.01. The van der Waals surface area contributed by atoms with E-state index in [4.69, 9.17) is 0 Å². The van der Waals surface area contributed by atoms with Crippen molar-refractivity contribution in [1.29, 1.82) is 0 Å². The number of rotatable bonds is 1. The van der Waals surface area contributed by atoms with E-state index >= 15 is 0 Å². The van der Waals surface area contributed by atoms with Crippen LogP contribution in [0.2, 0.25) is 0 Å². The Morgan fingerprint density at radius 1 is 1.07 bits per heavy atom. The molecule has 0 saturated heterocycles. The average molecular weight is 184 g/mol. The molecule has 0 N–H and O–H groups in total. The van der Waals surface area contributed by atoms with Gasteiger partial charge in [0.05, 0.1) is 0 Å². The molecule has 0 amide bonds. The number of aryl methyl sites for hydroxylation is 2. The van der Waals surface area contributed by atoms with Crippen molar-refractivity contribution >= 4 is 17.1 Å². The molecule has 2 aromatic carbocycles. The summed E-state index contributed by atoms with van der Waals surface area (Å²) in [5.74, 6) is 0. The molecule has 1 heteroatoms. The molecule has 0 fully saturated rings. The summed E-state index contributed by atoms with van der Waals surface area (Å²) in [6, 6.07) is 10.2. The molecule has 0 unspecified atom stereocenters. The van der Waals surface area contributed by atoms with E-state index in [0.717, 1.165) is 17.4 Å². The van der Waals surface area contributed by atoms with Crippen LogP contribution in [-0.2, 0) is 0 Å². The fraction of sp³-hybridized carbons (Fsp3) is 0.154. The van der Waals surface area contributed by atoms with Crippen LogP contribution in [-0.4, -0.2) is 6.29 Å². The summed E-state index contributed by atoms with van der Waals surface area (Å²) in [7, 11) is 0. The molecule has 2 rings (SSSR count). The minimum Gasteiger partial charge on any atom is -0.298 e. The Morgan fingerprint density at radius 3 is 2.57 bits per heavy atom. The van der Waals surface area contributed by atoms with Crippen LogP contribution >= 0.6 is 0 Å². The monoisotopic (exact) mass is 184 g/mol. The molecule has 0 aliphatic rings. The predicted molar refractivity (Wildman–Crippen MR) is 58.8 cm³/mol. The fourth-order valence-corrected chi connectivity index (χ4v) is 1.74. The summed E-state index contributed by atoms with van der Waals surface area (Å²) >= 11 is 0. The van der Waals surface area contributed by atoms with Gasteiger partial charge in [0, 0.05) is 5.56 Å². The zero-order valence-corrected chi connectivity index (χ0v) is 8.37. The van der Waals surface area contributed by atoms with Crippen LogP contribution < -0.4 is 0 Å². The lowest BCUT2D eigenvalue weighted by Gasteiger charge is -2.05. The molecule has 0 spiro atoms. The maximum absolute atomic E-state index is 10.8. The van der Waals surface area contributed by atoms with Gasteiger partial charge in [0.1, 0.15) is 6.29 Å². The zero-order valence-electron chi connectivity index (χ0n) is 8.37. The lowest BCUT2D eigenvalue weighted by molar-refractivity contribution is 0.112. The van der Waals surface area contributed by atoms with Gasteiger partial charge in [-0.2, -0.15) is 0 Å². The van der Waals surface area contributed by atoms with Crippen LogP contribution in [0.4, 0.5) is 0 Å². The number of carbonyl (C=O) groups excluding carboxylic acids is 1. The van der Waals surface area contributed by atoms with Gasteiger partial charge in [0.15, 0.2) is 0 Å². The van der Waals surface area contributed by atoms with Gasteiger partial charge in [-0.05, 0) is 41.8 Å². The second kappa shape index (κ2) is 3.26. The molecule has 0 bridgehead atoms. The molecule has 0 atom stereocenters. The van der Waals surface area contributed by atoms with Crippen molar-refractivity contribution in [3.63, 3.8) is 0 Å². The minimum atomic E-state index is 0.784. The normalized spacial score (nSPS) is 10.4. The smallest absolute Gasteiger partial charge is 0.150 e. The largest absolute Gasteiger partial charge is 0.298 e. The van der Waals surface area contributed by atoms with Gasteiger partial charge in [-0.15, -0.1) is 0 Å². The Kier molecular flexibility index (Phi) is 2.08. The molecule has 1 nitrogen and oxygen atoms in total. The van der Waals surface area contributed by atoms with Crippen molar-refractivity contribution in [3.8, 4) is 0 Å². The topological polar surface area (TPSA) is 17.1 Å². The molecular weight excluding hydrogens is 172 g/mol. The van der Waals surface area contributed by atoms with Crippen LogP contribution in [0.1, 0.15) is 21.5 Å². The first-order chi connectivity index (χ1) is 6.72. The third kappa shape index (κ3) is 1.31. The molecule has 0 aromatic heterocycles. The van der Waals surface area contributed by atoms with Gasteiger partial charge in [0.2, 0.25) is 0 Å². The maximum Gasteiger partial charge on any atom is 0.150 e. The van der Waals surface area contributed by atoms with Crippen molar-refractivity contribution in [2.75, 3.05) is 0 Å². The quantitative estimate of drug-likeness (QED) is 0.622. The Bertz CT molecular complexity index is 498. The van der Waals surface area contributed by atoms with Crippen molar-refractivity contribution in [1.82, 2.24) is 0 Å². The van der Waals surface area contributed by atoms with Crippen molar-refractivity contribution < 1.29 is 4.79 Å². The molecule has 0 heterocycles. The third-order valence-electron chi connectivity index (χ3n) is 2.61. The molecule has 0 radical (unpaired) electrons. The summed E-state index contributed by atoms with van der Waals surface area (Å²) in [4.78, 5) is 10.8. The van der Waals surface area contributed by atoms with Gasteiger partial charge < -0.3 is 0 Å². The maximum atomic E-state index is 10.8. The number of hydrogen-bond acceptors (Lipinski definition) is 1. The summed E-state index contributed by atoms with van der Waals surface area (Å²) in [5, 5.41) is 2.37. The predicted octanol–water partition coefficient (Wildman–Crippen LogP) is 3.27. The SMILES string of the molecule is Cc1cc2cccc(C)c2cc1C=O. The van der Waals surface area contributed by atoms with E-state index < -0.39 is 0 Å². The van der Waals surface area contributed by atoms with E-state index in [9.17, 15) is 4.79 Å². The minimum absolute atomic E-state index is 0.784. The number of benzene rings is 2. The molecular formula is C13H12O. The van der Waals surface area contributed by atoms with Crippen molar-refractivity contribution in [3.05, 3.63) is 47.0 Å². The second-order valence-corrected chi connectivity index (χ2v) is 3.62. The highest BCUT2D eigenvalue weighted by atomic mass is 16.1. The molecule has 2 aromatic rings. The highest BCUT2D eigenvalue weighted by molar-refractivity contribution is 5.92. The summed E-state index contributed by atoms with van der Waals surface area (Å²) in [6.45, 7) is 4.03. The van der Waals surface area contributed by atoms with Gasteiger partial charge in [-0.3, -0.25) is 4.79 Å². The number of carbonyl (C=O) groups is 1. The summed E-state index contributed by atoms with van der Waals surface area (Å²) in [6.07, 6.45) is 0.918. The van der Waals surface area contributed by atoms with E-state index in [1.807, 2.05) is 19.1 Å². The van der Waals surface area contributed by atoms with E-state index in [1.165, 1.54) is 16.3 Å².